The van der Waals surface area contributed by atoms with Crippen LogP contribution in [-0.4, -0.2) is 39.1 Å². The highest BCUT2D eigenvalue weighted by molar-refractivity contribution is 7.71. The number of nitrogens with zero attached hydrogens (tertiary/aromatic N) is 3. The van der Waals surface area contributed by atoms with E-state index < -0.39 is 6.29 Å². The van der Waals surface area contributed by atoms with Crippen LogP contribution in [0.15, 0.2) is 0 Å². The zero-order chi connectivity index (χ0) is 12.2. The van der Waals surface area contributed by atoms with E-state index >= 15 is 0 Å². The molecular weight excluding hydrogens is 242 g/mol. The molecule has 0 amide bonds. The van der Waals surface area contributed by atoms with E-state index in [1.807, 2.05) is 18.5 Å². The van der Waals surface area contributed by atoms with E-state index in [-0.39, 0.29) is 17.9 Å². The van der Waals surface area contributed by atoms with Gasteiger partial charge in [0.25, 0.3) is 0 Å². The number of hydrogen-bond donors (Lipinski definition) is 0. The smallest absolute Gasteiger partial charge is 0.218 e. The van der Waals surface area contributed by atoms with Crippen LogP contribution in [0, 0.1) is 11.7 Å². The molecule has 0 aliphatic carbocycles. The van der Waals surface area contributed by atoms with E-state index in [4.69, 9.17) is 21.7 Å². The summed E-state index contributed by atoms with van der Waals surface area (Å²) in [7, 11) is 1.86. The molecule has 3 rings (SSSR count). The normalized spacial score (nSPS) is 32.1. The van der Waals surface area contributed by atoms with Crippen LogP contribution in [-0.2, 0) is 21.3 Å². The molecule has 0 saturated carbocycles. The van der Waals surface area contributed by atoms with Crippen LogP contribution < -0.4 is 0 Å². The van der Waals surface area contributed by atoms with E-state index in [1.54, 1.807) is 4.68 Å². The summed E-state index contributed by atoms with van der Waals surface area (Å²) in [6.45, 7) is 2.31. The number of carbonyl (C=O) groups excluding carboxylic acids is 1. The Labute approximate surface area is 103 Å². The van der Waals surface area contributed by atoms with Gasteiger partial charge in [-0.05, 0) is 19.1 Å². The Morgan fingerprint density at radius 2 is 2.29 bits per heavy atom. The number of carbonyl (C=O) groups is 1. The molecule has 2 aliphatic rings. The van der Waals surface area contributed by atoms with Crippen LogP contribution in [0.3, 0.4) is 0 Å². The fourth-order valence-electron chi connectivity index (χ4n) is 2.24. The SMILES string of the molecule is Cc1nn([C@@H]2CC(=O)[C@@H]3OC[C@H]2O3)c(=S)n1C. The molecule has 3 atom stereocenters. The molecule has 7 heteroatoms. The molecule has 6 nitrogen and oxygen atoms in total. The Hall–Kier alpha value is -1.05. The van der Waals surface area contributed by atoms with E-state index in [0.717, 1.165) is 5.82 Å². The van der Waals surface area contributed by atoms with Crippen molar-refractivity contribution in [3.63, 3.8) is 0 Å². The molecule has 0 radical (unpaired) electrons. The third kappa shape index (κ3) is 1.57. The second kappa shape index (κ2) is 3.72. The first-order chi connectivity index (χ1) is 8.08. The zero-order valence-corrected chi connectivity index (χ0v) is 10.4. The molecule has 2 bridgehead atoms. The van der Waals surface area contributed by atoms with Crippen molar-refractivity contribution < 1.29 is 14.3 Å². The third-order valence-electron chi connectivity index (χ3n) is 3.35. The molecule has 0 aromatic carbocycles. The lowest BCUT2D eigenvalue weighted by Gasteiger charge is -2.26. The van der Waals surface area contributed by atoms with E-state index in [2.05, 4.69) is 5.10 Å². The van der Waals surface area contributed by atoms with Crippen LogP contribution in [0.25, 0.3) is 0 Å². The number of ether oxygens (including phenoxy) is 2. The first kappa shape index (κ1) is 11.1. The van der Waals surface area contributed by atoms with Crippen LogP contribution in [0.4, 0.5) is 0 Å². The van der Waals surface area contributed by atoms with Crippen LogP contribution >= 0.6 is 12.2 Å². The molecule has 17 heavy (non-hydrogen) atoms. The summed E-state index contributed by atoms with van der Waals surface area (Å²) in [4.78, 5) is 11.7. The minimum Gasteiger partial charge on any atom is -0.343 e. The molecule has 0 N–H and O–H groups in total. The number of Topliss-reactive ketones (excluding diaryl/α,β-unsaturated/α-hetero) is 1. The van der Waals surface area contributed by atoms with Crippen LogP contribution in [0.2, 0.25) is 0 Å². The molecular formula is C10H13N3O3S. The summed E-state index contributed by atoms with van der Waals surface area (Å²) in [5.74, 6) is 0.789. The fourth-order valence-corrected chi connectivity index (χ4v) is 2.55. The summed E-state index contributed by atoms with van der Waals surface area (Å²) in [6, 6.07) is -0.145. The fraction of sp³-hybridized carbons (Fsp3) is 0.700. The van der Waals surface area contributed by atoms with Gasteiger partial charge in [-0.2, -0.15) is 5.10 Å². The van der Waals surface area contributed by atoms with Gasteiger partial charge in [0.15, 0.2) is 10.6 Å². The van der Waals surface area contributed by atoms with E-state index in [9.17, 15) is 4.79 Å². The van der Waals surface area contributed by atoms with Gasteiger partial charge in [-0.15, -0.1) is 0 Å². The number of fused-ring (bicyclic) bond motifs is 2. The van der Waals surface area contributed by atoms with Crippen molar-refractivity contribution >= 4 is 18.0 Å². The number of ketones is 1. The average Bonchev–Trinajstić information content (AvgIpc) is 2.84. The Kier molecular flexibility index (Phi) is 2.42. The maximum Gasteiger partial charge on any atom is 0.218 e. The first-order valence-corrected chi connectivity index (χ1v) is 5.90. The van der Waals surface area contributed by atoms with Gasteiger partial charge in [-0.1, -0.05) is 0 Å². The van der Waals surface area contributed by atoms with Crippen molar-refractivity contribution in [1.82, 2.24) is 14.3 Å². The van der Waals surface area contributed by atoms with E-state index in [0.29, 0.717) is 17.8 Å². The lowest BCUT2D eigenvalue weighted by Crippen LogP contribution is -2.37. The molecule has 2 saturated heterocycles. The lowest BCUT2D eigenvalue weighted by atomic mass is 10.0. The Morgan fingerprint density at radius 3 is 2.94 bits per heavy atom. The second-order valence-corrected chi connectivity index (χ2v) is 4.78. The summed E-state index contributed by atoms with van der Waals surface area (Å²) >= 11 is 5.30. The van der Waals surface area contributed by atoms with Crippen molar-refractivity contribution in [3.8, 4) is 0 Å². The molecule has 2 fully saturated rings. The standard InChI is InChI=1S/C10H13N3O3S/c1-5-11-13(10(17)12(5)2)6-3-7(14)9-15-4-8(6)16-9/h6,8-9H,3-4H2,1-2H3/t6-,8-,9-/m1/s1. The summed E-state index contributed by atoms with van der Waals surface area (Å²) in [5.41, 5.74) is 0. The Bertz CT molecular complexity index is 535. The third-order valence-corrected chi connectivity index (χ3v) is 3.81. The monoisotopic (exact) mass is 255 g/mol. The van der Waals surface area contributed by atoms with Gasteiger partial charge in [0.2, 0.25) is 6.29 Å². The number of rotatable bonds is 1. The second-order valence-electron chi connectivity index (χ2n) is 4.41. The number of hydrogen-bond acceptors (Lipinski definition) is 5. The van der Waals surface area contributed by atoms with Crippen LogP contribution in [0.1, 0.15) is 18.3 Å². The molecule has 92 valence electrons. The molecule has 0 spiro atoms. The number of aryl methyl sites for hydroxylation is 1. The molecule has 3 heterocycles. The average molecular weight is 255 g/mol. The largest absolute Gasteiger partial charge is 0.343 e. The van der Waals surface area contributed by atoms with Crippen LogP contribution in [0.5, 0.6) is 0 Å². The quantitative estimate of drug-likeness (QED) is 0.685. The zero-order valence-electron chi connectivity index (χ0n) is 9.62. The van der Waals surface area contributed by atoms with Gasteiger partial charge < -0.3 is 14.0 Å². The Balaban J connectivity index is 2.01. The Morgan fingerprint density at radius 1 is 1.53 bits per heavy atom. The maximum atomic E-state index is 11.7. The first-order valence-electron chi connectivity index (χ1n) is 5.50. The van der Waals surface area contributed by atoms with Crippen molar-refractivity contribution in [2.24, 2.45) is 7.05 Å². The predicted octanol–water partition coefficient (Wildman–Crippen LogP) is 0.515. The highest BCUT2D eigenvalue weighted by Crippen LogP contribution is 2.32. The van der Waals surface area contributed by atoms with Gasteiger partial charge in [0.1, 0.15) is 11.9 Å². The van der Waals surface area contributed by atoms with Gasteiger partial charge in [0.05, 0.1) is 12.6 Å². The lowest BCUT2D eigenvalue weighted by molar-refractivity contribution is -0.156. The van der Waals surface area contributed by atoms with Gasteiger partial charge in [0, 0.05) is 13.5 Å². The van der Waals surface area contributed by atoms with Crippen molar-refractivity contribution in [3.05, 3.63) is 10.6 Å². The van der Waals surface area contributed by atoms with Gasteiger partial charge in [-0.3, -0.25) is 4.79 Å². The molecule has 0 unspecified atom stereocenters. The van der Waals surface area contributed by atoms with Crippen molar-refractivity contribution in [1.29, 1.82) is 0 Å². The van der Waals surface area contributed by atoms with E-state index in [1.165, 1.54) is 0 Å². The summed E-state index contributed by atoms with van der Waals surface area (Å²) < 4.78 is 14.9. The number of aromatic nitrogens is 3. The predicted molar refractivity (Wildman–Crippen MR) is 60.0 cm³/mol. The van der Waals surface area contributed by atoms with Crippen molar-refractivity contribution in [2.75, 3.05) is 6.61 Å². The summed E-state index contributed by atoms with van der Waals surface area (Å²) in [6.07, 6.45) is -0.422. The molecule has 2 aliphatic heterocycles. The summed E-state index contributed by atoms with van der Waals surface area (Å²) in [5, 5.41) is 4.37. The molecule has 1 aromatic rings. The highest BCUT2D eigenvalue weighted by Gasteiger charge is 2.44. The maximum absolute atomic E-state index is 11.7. The molecule has 1 aromatic heterocycles. The minimum atomic E-state index is -0.671. The van der Waals surface area contributed by atoms with Gasteiger partial charge in [-0.25, -0.2) is 4.68 Å². The van der Waals surface area contributed by atoms with Gasteiger partial charge >= 0.3 is 0 Å². The highest BCUT2D eigenvalue weighted by atomic mass is 32.1. The van der Waals surface area contributed by atoms with Crippen molar-refractivity contribution in [2.45, 2.75) is 31.8 Å². The topological polar surface area (TPSA) is 58.3 Å². The minimum absolute atomic E-state index is 0.0334.